The molecule has 2 saturated heterocycles. The molecular formula is C23H35N3O4. The first kappa shape index (κ1) is 22.4. The molecule has 0 radical (unpaired) electrons. The number of hydrogen-bond donors (Lipinski definition) is 1. The highest BCUT2D eigenvalue weighted by Crippen LogP contribution is 2.26. The van der Waals surface area contributed by atoms with Gasteiger partial charge in [0.05, 0.1) is 19.8 Å². The summed E-state index contributed by atoms with van der Waals surface area (Å²) in [5, 5.41) is 3.20. The molecule has 7 heteroatoms. The first-order valence-electron chi connectivity index (χ1n) is 11.2. The van der Waals surface area contributed by atoms with E-state index in [1.54, 1.807) is 18.9 Å². The van der Waals surface area contributed by atoms with Crippen LogP contribution in [-0.2, 0) is 9.53 Å². The Morgan fingerprint density at radius 1 is 1.07 bits per heavy atom. The van der Waals surface area contributed by atoms with E-state index in [0.717, 1.165) is 18.8 Å². The molecule has 1 aromatic carbocycles. The predicted molar refractivity (Wildman–Crippen MR) is 115 cm³/mol. The van der Waals surface area contributed by atoms with Crippen LogP contribution in [0.1, 0.15) is 50.6 Å². The molecule has 0 saturated carbocycles. The molecule has 2 aliphatic rings. The Kier molecular flexibility index (Phi) is 8.37. The standard InChI is InChI=1S/C23H35N3O4/c1-3-30-23(28)26-15-11-19(12-16-26)22(27)24-17-21(25-13-5-4-6-14-25)18-7-9-20(29-2)10-8-18/h7-10,19,21H,3-6,11-17H2,1-2H3,(H,24,27). The Balaban J connectivity index is 1.57. The summed E-state index contributed by atoms with van der Waals surface area (Å²) < 4.78 is 10.4. The van der Waals surface area contributed by atoms with E-state index in [0.29, 0.717) is 39.1 Å². The second-order valence-corrected chi connectivity index (χ2v) is 8.09. The Labute approximate surface area is 179 Å². The van der Waals surface area contributed by atoms with E-state index in [4.69, 9.17) is 9.47 Å². The molecule has 3 rings (SSSR count). The number of ether oxygens (including phenoxy) is 2. The molecule has 166 valence electrons. The highest BCUT2D eigenvalue weighted by Gasteiger charge is 2.29. The number of carbonyl (C=O) groups is 2. The van der Waals surface area contributed by atoms with Gasteiger partial charge in [0.25, 0.3) is 0 Å². The van der Waals surface area contributed by atoms with Gasteiger partial charge < -0.3 is 19.7 Å². The molecule has 0 bridgehead atoms. The fraction of sp³-hybridized carbons (Fsp3) is 0.652. The second-order valence-electron chi connectivity index (χ2n) is 8.09. The molecular weight excluding hydrogens is 382 g/mol. The number of carbonyl (C=O) groups excluding carboxylic acids is 2. The second kappa shape index (κ2) is 11.2. The van der Waals surface area contributed by atoms with Crippen LogP contribution in [0.15, 0.2) is 24.3 Å². The smallest absolute Gasteiger partial charge is 0.409 e. The minimum Gasteiger partial charge on any atom is -0.497 e. The molecule has 0 aromatic heterocycles. The summed E-state index contributed by atoms with van der Waals surface area (Å²) in [6, 6.07) is 8.34. The maximum absolute atomic E-state index is 12.8. The van der Waals surface area contributed by atoms with Gasteiger partial charge in [-0.15, -0.1) is 0 Å². The average Bonchev–Trinajstić information content (AvgIpc) is 2.80. The molecule has 2 aliphatic heterocycles. The quantitative estimate of drug-likeness (QED) is 0.738. The van der Waals surface area contributed by atoms with E-state index in [9.17, 15) is 9.59 Å². The molecule has 1 aromatic rings. The highest BCUT2D eigenvalue weighted by atomic mass is 16.6. The van der Waals surface area contributed by atoms with Gasteiger partial charge in [0.15, 0.2) is 0 Å². The third-order valence-corrected chi connectivity index (χ3v) is 6.19. The van der Waals surface area contributed by atoms with Gasteiger partial charge in [0, 0.05) is 25.6 Å². The van der Waals surface area contributed by atoms with Gasteiger partial charge in [-0.2, -0.15) is 0 Å². The molecule has 2 amide bonds. The van der Waals surface area contributed by atoms with E-state index in [-0.39, 0.29) is 24.0 Å². The zero-order valence-electron chi connectivity index (χ0n) is 18.3. The third-order valence-electron chi connectivity index (χ3n) is 6.19. The lowest BCUT2D eigenvalue weighted by molar-refractivity contribution is -0.126. The molecule has 1 unspecified atom stereocenters. The van der Waals surface area contributed by atoms with E-state index in [1.165, 1.54) is 24.8 Å². The molecule has 1 N–H and O–H groups in total. The Morgan fingerprint density at radius 3 is 2.33 bits per heavy atom. The fourth-order valence-electron chi connectivity index (χ4n) is 4.39. The lowest BCUT2D eigenvalue weighted by Crippen LogP contribution is -2.45. The van der Waals surface area contributed by atoms with Gasteiger partial charge in [0.2, 0.25) is 5.91 Å². The Hall–Kier alpha value is -2.28. The number of likely N-dealkylation sites (tertiary alicyclic amines) is 2. The van der Waals surface area contributed by atoms with Crippen LogP contribution >= 0.6 is 0 Å². The van der Waals surface area contributed by atoms with Crippen molar-refractivity contribution in [1.29, 1.82) is 0 Å². The van der Waals surface area contributed by atoms with Crippen molar-refractivity contribution in [1.82, 2.24) is 15.1 Å². The molecule has 7 nitrogen and oxygen atoms in total. The number of rotatable bonds is 7. The molecule has 30 heavy (non-hydrogen) atoms. The lowest BCUT2D eigenvalue weighted by Gasteiger charge is -2.36. The largest absolute Gasteiger partial charge is 0.497 e. The van der Waals surface area contributed by atoms with Crippen LogP contribution in [0.3, 0.4) is 0 Å². The number of piperidine rings is 2. The van der Waals surface area contributed by atoms with Gasteiger partial charge in [-0.1, -0.05) is 18.6 Å². The minimum absolute atomic E-state index is 0.0476. The van der Waals surface area contributed by atoms with Gasteiger partial charge >= 0.3 is 6.09 Å². The topological polar surface area (TPSA) is 71.1 Å². The van der Waals surface area contributed by atoms with E-state index >= 15 is 0 Å². The van der Waals surface area contributed by atoms with Gasteiger partial charge in [-0.3, -0.25) is 9.69 Å². The molecule has 1 atom stereocenters. The van der Waals surface area contributed by atoms with E-state index in [1.807, 2.05) is 12.1 Å². The zero-order chi connectivity index (χ0) is 21.3. The summed E-state index contributed by atoms with van der Waals surface area (Å²) in [6.07, 6.45) is 4.77. The Morgan fingerprint density at radius 2 is 1.73 bits per heavy atom. The number of nitrogens with zero attached hydrogens (tertiary/aromatic N) is 2. The predicted octanol–water partition coefficient (Wildman–Crippen LogP) is 3.21. The summed E-state index contributed by atoms with van der Waals surface area (Å²) in [4.78, 5) is 28.9. The van der Waals surface area contributed by atoms with Crippen LogP contribution in [0, 0.1) is 5.92 Å². The highest BCUT2D eigenvalue weighted by molar-refractivity contribution is 5.79. The first-order chi connectivity index (χ1) is 14.6. The van der Waals surface area contributed by atoms with Crippen LogP contribution in [0.25, 0.3) is 0 Å². The third kappa shape index (κ3) is 5.88. The van der Waals surface area contributed by atoms with E-state index in [2.05, 4.69) is 22.3 Å². The number of benzene rings is 1. The summed E-state index contributed by atoms with van der Waals surface area (Å²) in [6.45, 7) is 6.05. The maximum atomic E-state index is 12.8. The molecule has 0 aliphatic carbocycles. The summed E-state index contributed by atoms with van der Waals surface area (Å²) in [5.41, 5.74) is 1.20. The number of nitrogens with one attached hydrogen (secondary N) is 1. The molecule has 2 heterocycles. The zero-order valence-corrected chi connectivity index (χ0v) is 18.3. The summed E-state index contributed by atoms with van der Waals surface area (Å²) in [5.74, 6) is 0.885. The molecule has 0 spiro atoms. The average molecular weight is 418 g/mol. The SMILES string of the molecule is CCOC(=O)N1CCC(C(=O)NCC(c2ccc(OC)cc2)N2CCCCC2)CC1. The summed E-state index contributed by atoms with van der Waals surface area (Å²) in [7, 11) is 1.67. The van der Waals surface area contributed by atoms with Gasteiger partial charge in [-0.05, 0) is 63.4 Å². The van der Waals surface area contributed by atoms with Crippen molar-refractivity contribution >= 4 is 12.0 Å². The van der Waals surface area contributed by atoms with Crippen molar-refractivity contribution in [2.45, 2.75) is 45.1 Å². The normalized spacial score (nSPS) is 19.2. The van der Waals surface area contributed by atoms with Crippen LogP contribution in [0.5, 0.6) is 5.75 Å². The van der Waals surface area contributed by atoms with Crippen LogP contribution < -0.4 is 10.1 Å². The number of hydrogen-bond acceptors (Lipinski definition) is 5. The van der Waals surface area contributed by atoms with Crippen LogP contribution in [0.4, 0.5) is 4.79 Å². The fourth-order valence-corrected chi connectivity index (χ4v) is 4.39. The monoisotopic (exact) mass is 417 g/mol. The lowest BCUT2D eigenvalue weighted by atomic mass is 9.95. The van der Waals surface area contributed by atoms with Crippen molar-refractivity contribution in [2.75, 3.05) is 46.4 Å². The Bertz CT molecular complexity index is 680. The minimum atomic E-state index is -0.277. The first-order valence-corrected chi connectivity index (χ1v) is 11.2. The van der Waals surface area contributed by atoms with Crippen molar-refractivity contribution in [2.24, 2.45) is 5.92 Å². The van der Waals surface area contributed by atoms with Gasteiger partial charge in [-0.25, -0.2) is 4.79 Å². The number of amides is 2. The molecule has 2 fully saturated rings. The van der Waals surface area contributed by atoms with Crippen molar-refractivity contribution in [3.05, 3.63) is 29.8 Å². The van der Waals surface area contributed by atoms with Crippen LogP contribution in [0.2, 0.25) is 0 Å². The summed E-state index contributed by atoms with van der Waals surface area (Å²) >= 11 is 0. The van der Waals surface area contributed by atoms with Crippen molar-refractivity contribution < 1.29 is 19.1 Å². The van der Waals surface area contributed by atoms with Crippen molar-refractivity contribution in [3.8, 4) is 5.75 Å². The van der Waals surface area contributed by atoms with Crippen LogP contribution in [-0.4, -0.2) is 68.2 Å². The van der Waals surface area contributed by atoms with Gasteiger partial charge in [0.1, 0.15) is 5.75 Å². The van der Waals surface area contributed by atoms with E-state index < -0.39 is 0 Å². The number of methoxy groups -OCH3 is 1. The maximum Gasteiger partial charge on any atom is 0.409 e. The van der Waals surface area contributed by atoms with Crippen molar-refractivity contribution in [3.63, 3.8) is 0 Å².